The molecule has 0 saturated heterocycles. The van der Waals surface area contributed by atoms with Gasteiger partial charge in [-0.2, -0.15) is 8.42 Å². The molecular formula is C14H30O4S. The lowest BCUT2D eigenvalue weighted by Gasteiger charge is -2.10. The summed E-state index contributed by atoms with van der Waals surface area (Å²) in [5, 5.41) is 0. The van der Waals surface area contributed by atoms with Crippen LogP contribution in [0.15, 0.2) is 0 Å². The lowest BCUT2D eigenvalue weighted by molar-refractivity contribution is 0.258. The second kappa shape index (κ2) is 11.7. The highest BCUT2D eigenvalue weighted by atomic mass is 32.3. The molecule has 0 aromatic heterocycles. The van der Waals surface area contributed by atoms with Crippen molar-refractivity contribution in [2.75, 3.05) is 6.61 Å². The molecule has 0 spiro atoms. The summed E-state index contributed by atoms with van der Waals surface area (Å²) < 4.78 is 33.3. The Morgan fingerprint density at radius 2 is 1.47 bits per heavy atom. The molecule has 0 fully saturated rings. The molecule has 0 saturated carbocycles. The Morgan fingerprint density at radius 3 is 2.05 bits per heavy atom. The third-order valence-corrected chi connectivity index (χ3v) is 3.84. The van der Waals surface area contributed by atoms with E-state index in [0.29, 0.717) is 12.3 Å². The number of rotatable bonds is 13. The van der Waals surface area contributed by atoms with E-state index in [-0.39, 0.29) is 6.61 Å². The van der Waals surface area contributed by atoms with Crippen LogP contribution in [0.5, 0.6) is 0 Å². The van der Waals surface area contributed by atoms with E-state index < -0.39 is 10.4 Å². The Morgan fingerprint density at radius 1 is 0.947 bits per heavy atom. The summed E-state index contributed by atoms with van der Waals surface area (Å²) in [4.78, 5) is 0. The Balaban J connectivity index is 3.28. The second-order valence-electron chi connectivity index (χ2n) is 5.41. The monoisotopic (exact) mass is 294 g/mol. The molecule has 116 valence electrons. The molecule has 0 aromatic rings. The molecule has 0 bridgehead atoms. The molecule has 1 N–H and O–H groups in total. The molecule has 4 nitrogen and oxygen atoms in total. The maximum Gasteiger partial charge on any atom is 0.397 e. The first-order valence-corrected chi connectivity index (χ1v) is 8.94. The first-order valence-electron chi connectivity index (χ1n) is 7.57. The minimum atomic E-state index is -4.25. The van der Waals surface area contributed by atoms with E-state index in [1.54, 1.807) is 0 Å². The van der Waals surface area contributed by atoms with Crippen molar-refractivity contribution in [1.29, 1.82) is 0 Å². The quantitative estimate of drug-likeness (QED) is 0.405. The van der Waals surface area contributed by atoms with Crippen LogP contribution in [0.25, 0.3) is 0 Å². The zero-order valence-corrected chi connectivity index (χ0v) is 13.3. The van der Waals surface area contributed by atoms with Gasteiger partial charge in [0, 0.05) is 0 Å². The fourth-order valence-corrected chi connectivity index (χ4v) is 2.51. The van der Waals surface area contributed by atoms with Crippen LogP contribution in [-0.2, 0) is 14.6 Å². The van der Waals surface area contributed by atoms with Crippen LogP contribution in [0.4, 0.5) is 0 Å². The van der Waals surface area contributed by atoms with E-state index >= 15 is 0 Å². The first kappa shape index (κ1) is 18.9. The average Bonchev–Trinajstić information content (AvgIpc) is 2.31. The summed E-state index contributed by atoms with van der Waals surface area (Å²) in [6.07, 6.45) is 12.0. The SMILES string of the molecule is CCCCCCCCC(C)CCCCOS(=O)(=O)O. The van der Waals surface area contributed by atoms with Crippen LogP contribution >= 0.6 is 0 Å². The van der Waals surface area contributed by atoms with E-state index in [4.69, 9.17) is 4.55 Å². The molecule has 1 atom stereocenters. The Bertz CT molecular complexity index is 288. The highest BCUT2D eigenvalue weighted by Gasteiger charge is 2.05. The lowest BCUT2D eigenvalue weighted by Crippen LogP contribution is -2.05. The molecule has 0 rings (SSSR count). The zero-order chi connectivity index (χ0) is 14.6. The average molecular weight is 294 g/mol. The van der Waals surface area contributed by atoms with Gasteiger partial charge < -0.3 is 0 Å². The van der Waals surface area contributed by atoms with Crippen molar-refractivity contribution in [3.8, 4) is 0 Å². The van der Waals surface area contributed by atoms with E-state index in [1.165, 1.54) is 44.9 Å². The van der Waals surface area contributed by atoms with Crippen LogP contribution < -0.4 is 0 Å². The maximum absolute atomic E-state index is 10.3. The van der Waals surface area contributed by atoms with Gasteiger partial charge in [-0.3, -0.25) is 4.55 Å². The van der Waals surface area contributed by atoms with Gasteiger partial charge in [-0.15, -0.1) is 0 Å². The summed E-state index contributed by atoms with van der Waals surface area (Å²) in [5.74, 6) is 0.692. The summed E-state index contributed by atoms with van der Waals surface area (Å²) in [6, 6.07) is 0. The molecular weight excluding hydrogens is 264 g/mol. The third-order valence-electron chi connectivity index (χ3n) is 3.37. The van der Waals surface area contributed by atoms with Crippen LogP contribution in [0.3, 0.4) is 0 Å². The van der Waals surface area contributed by atoms with Gasteiger partial charge in [0.25, 0.3) is 0 Å². The van der Waals surface area contributed by atoms with Gasteiger partial charge in [-0.05, 0) is 12.3 Å². The Labute approximate surface area is 118 Å². The fraction of sp³-hybridized carbons (Fsp3) is 1.00. The minimum absolute atomic E-state index is 0.0859. The molecule has 5 heteroatoms. The number of unbranched alkanes of at least 4 members (excludes halogenated alkanes) is 6. The van der Waals surface area contributed by atoms with E-state index in [0.717, 1.165) is 12.8 Å². The predicted octanol–water partition coefficient (Wildman–Crippen LogP) is 4.36. The van der Waals surface area contributed by atoms with Crippen LogP contribution in [0, 0.1) is 5.92 Å². The molecule has 0 amide bonds. The van der Waals surface area contributed by atoms with Gasteiger partial charge >= 0.3 is 10.4 Å². The van der Waals surface area contributed by atoms with E-state index in [9.17, 15) is 8.42 Å². The number of hydrogen-bond acceptors (Lipinski definition) is 3. The molecule has 0 aliphatic heterocycles. The van der Waals surface area contributed by atoms with Gasteiger partial charge in [0.15, 0.2) is 0 Å². The summed E-state index contributed by atoms with van der Waals surface area (Å²) in [7, 11) is -4.25. The molecule has 0 aromatic carbocycles. The van der Waals surface area contributed by atoms with Gasteiger partial charge in [-0.1, -0.05) is 71.6 Å². The smallest absolute Gasteiger partial charge is 0.264 e. The normalized spacial score (nSPS) is 13.6. The molecule has 0 heterocycles. The molecule has 1 unspecified atom stereocenters. The van der Waals surface area contributed by atoms with E-state index in [2.05, 4.69) is 18.0 Å². The van der Waals surface area contributed by atoms with Gasteiger partial charge in [-0.25, -0.2) is 4.18 Å². The topological polar surface area (TPSA) is 63.6 Å². The minimum Gasteiger partial charge on any atom is -0.264 e. The van der Waals surface area contributed by atoms with Crippen molar-refractivity contribution in [3.63, 3.8) is 0 Å². The van der Waals surface area contributed by atoms with Crippen molar-refractivity contribution < 1.29 is 17.2 Å². The number of hydrogen-bond donors (Lipinski definition) is 1. The van der Waals surface area contributed by atoms with E-state index in [1.807, 2.05) is 0 Å². The fourth-order valence-electron chi connectivity index (χ4n) is 2.18. The second-order valence-corrected chi connectivity index (χ2v) is 6.50. The van der Waals surface area contributed by atoms with Crippen LogP contribution in [0.2, 0.25) is 0 Å². The highest BCUT2D eigenvalue weighted by molar-refractivity contribution is 7.80. The summed E-state index contributed by atoms with van der Waals surface area (Å²) in [6.45, 7) is 4.56. The Hall–Kier alpha value is -0.130. The summed E-state index contributed by atoms with van der Waals surface area (Å²) >= 11 is 0. The molecule has 0 aliphatic carbocycles. The van der Waals surface area contributed by atoms with Crippen molar-refractivity contribution in [2.45, 2.75) is 78.1 Å². The Kier molecular flexibility index (Phi) is 11.6. The summed E-state index contributed by atoms with van der Waals surface area (Å²) in [5.41, 5.74) is 0. The highest BCUT2D eigenvalue weighted by Crippen LogP contribution is 2.17. The third kappa shape index (κ3) is 15.8. The van der Waals surface area contributed by atoms with Crippen LogP contribution in [0.1, 0.15) is 78.1 Å². The molecule has 0 radical (unpaired) electrons. The van der Waals surface area contributed by atoms with Crippen molar-refractivity contribution >= 4 is 10.4 Å². The first-order chi connectivity index (χ1) is 8.95. The standard InChI is InChI=1S/C14H30O4S/c1-3-4-5-6-7-8-11-14(2)12-9-10-13-18-19(15,16)17/h14H,3-13H2,1-2H3,(H,15,16,17). The van der Waals surface area contributed by atoms with Gasteiger partial charge in [0.05, 0.1) is 6.61 Å². The molecule has 0 aliphatic rings. The largest absolute Gasteiger partial charge is 0.397 e. The van der Waals surface area contributed by atoms with Crippen LogP contribution in [-0.4, -0.2) is 19.6 Å². The maximum atomic E-state index is 10.3. The van der Waals surface area contributed by atoms with Crippen molar-refractivity contribution in [3.05, 3.63) is 0 Å². The van der Waals surface area contributed by atoms with Gasteiger partial charge in [0.2, 0.25) is 0 Å². The predicted molar refractivity (Wildman–Crippen MR) is 78.5 cm³/mol. The van der Waals surface area contributed by atoms with Gasteiger partial charge in [0.1, 0.15) is 0 Å². The van der Waals surface area contributed by atoms with Crippen molar-refractivity contribution in [1.82, 2.24) is 0 Å². The zero-order valence-electron chi connectivity index (χ0n) is 12.4. The molecule has 19 heavy (non-hydrogen) atoms. The lowest BCUT2D eigenvalue weighted by atomic mass is 9.97. The van der Waals surface area contributed by atoms with Crippen molar-refractivity contribution in [2.24, 2.45) is 5.92 Å².